The number of hydrogen-bond acceptors (Lipinski definition) is 5. The van der Waals surface area contributed by atoms with Crippen molar-refractivity contribution in [3.05, 3.63) is 83.4 Å². The van der Waals surface area contributed by atoms with Crippen LogP contribution in [0.2, 0.25) is 0 Å². The number of carbonyl (C=O) groups excluding carboxylic acids is 1. The largest absolute Gasteiger partial charge is 0.494 e. The van der Waals surface area contributed by atoms with Crippen LogP contribution in [0.5, 0.6) is 11.5 Å². The van der Waals surface area contributed by atoms with Gasteiger partial charge in [-0.2, -0.15) is 10.2 Å². The van der Waals surface area contributed by atoms with Crippen LogP contribution in [0.1, 0.15) is 67.4 Å². The highest BCUT2D eigenvalue weighted by Crippen LogP contribution is 2.27. The van der Waals surface area contributed by atoms with Crippen LogP contribution in [0.4, 0.5) is 11.4 Å². The van der Waals surface area contributed by atoms with Crippen LogP contribution < -0.4 is 9.47 Å². The van der Waals surface area contributed by atoms with Gasteiger partial charge in [-0.1, -0.05) is 51.3 Å². The Morgan fingerprint density at radius 3 is 2.21 bits per heavy atom. The molecule has 0 N–H and O–H groups in total. The van der Waals surface area contributed by atoms with E-state index in [2.05, 4.69) is 24.1 Å². The standard InChI is InChI=1S/C29H34N2O3/c1-4-6-8-10-23-13-17-26(18-14-23)34-29(32)27-11-9-12-28(22(27)3)31-30-24-15-19-25(20-16-24)33-21-7-5-2/h9,11-20H,4-8,10,21H2,1-3H3. The molecule has 0 atom stereocenters. The van der Waals surface area contributed by atoms with Gasteiger partial charge in [-0.25, -0.2) is 4.79 Å². The summed E-state index contributed by atoms with van der Waals surface area (Å²) in [5, 5.41) is 8.67. The smallest absolute Gasteiger partial charge is 0.343 e. The normalized spacial score (nSPS) is 11.0. The van der Waals surface area contributed by atoms with Gasteiger partial charge in [0.15, 0.2) is 0 Å². The van der Waals surface area contributed by atoms with Crippen LogP contribution in [0.3, 0.4) is 0 Å². The monoisotopic (exact) mass is 458 g/mol. The molecule has 34 heavy (non-hydrogen) atoms. The van der Waals surface area contributed by atoms with Crippen LogP contribution in [-0.2, 0) is 6.42 Å². The van der Waals surface area contributed by atoms with E-state index in [0.29, 0.717) is 29.3 Å². The zero-order valence-electron chi connectivity index (χ0n) is 20.4. The zero-order valence-corrected chi connectivity index (χ0v) is 20.4. The Balaban J connectivity index is 1.63. The molecule has 0 amide bonds. The Morgan fingerprint density at radius 2 is 1.50 bits per heavy atom. The Labute approximate surface area is 202 Å². The number of nitrogens with zero attached hydrogens (tertiary/aromatic N) is 2. The number of rotatable bonds is 12. The van der Waals surface area contributed by atoms with E-state index in [-0.39, 0.29) is 0 Å². The average Bonchev–Trinajstić information content (AvgIpc) is 2.85. The molecule has 0 heterocycles. The molecule has 0 saturated carbocycles. The van der Waals surface area contributed by atoms with E-state index < -0.39 is 5.97 Å². The highest BCUT2D eigenvalue weighted by atomic mass is 16.5. The average molecular weight is 459 g/mol. The number of ether oxygens (including phenoxy) is 2. The Bertz CT molecular complexity index is 1070. The molecule has 0 aliphatic rings. The van der Waals surface area contributed by atoms with Crippen LogP contribution in [-0.4, -0.2) is 12.6 Å². The fourth-order valence-corrected chi connectivity index (χ4v) is 3.47. The number of carbonyl (C=O) groups is 1. The van der Waals surface area contributed by atoms with Crippen molar-refractivity contribution in [1.29, 1.82) is 0 Å². The Kier molecular flexibility index (Phi) is 9.83. The molecule has 0 aromatic heterocycles. The molecular formula is C29H34N2O3. The van der Waals surface area contributed by atoms with Gasteiger partial charge in [-0.3, -0.25) is 0 Å². The molecule has 178 valence electrons. The van der Waals surface area contributed by atoms with Crippen molar-refractivity contribution in [2.24, 2.45) is 10.2 Å². The van der Waals surface area contributed by atoms with Crippen molar-refractivity contribution in [2.75, 3.05) is 6.61 Å². The summed E-state index contributed by atoms with van der Waals surface area (Å²) >= 11 is 0. The molecule has 0 aliphatic heterocycles. The van der Waals surface area contributed by atoms with E-state index in [4.69, 9.17) is 9.47 Å². The van der Waals surface area contributed by atoms with Gasteiger partial charge in [0.05, 0.1) is 23.5 Å². The SMILES string of the molecule is CCCCCc1ccc(OC(=O)c2cccc(N=Nc3ccc(OCCCC)cc3)c2C)cc1. The third kappa shape index (κ3) is 7.55. The second-order valence-electron chi connectivity index (χ2n) is 8.34. The number of benzene rings is 3. The number of unbranched alkanes of at least 4 members (excludes halogenated alkanes) is 3. The summed E-state index contributed by atoms with van der Waals surface area (Å²) in [5.41, 5.74) is 3.81. The third-order valence-electron chi connectivity index (χ3n) is 5.60. The van der Waals surface area contributed by atoms with Crippen molar-refractivity contribution < 1.29 is 14.3 Å². The maximum Gasteiger partial charge on any atom is 0.343 e. The first-order valence-corrected chi connectivity index (χ1v) is 12.2. The quantitative estimate of drug-likeness (QED) is 0.118. The summed E-state index contributed by atoms with van der Waals surface area (Å²) in [6.45, 7) is 6.90. The number of esters is 1. The van der Waals surface area contributed by atoms with Gasteiger partial charge in [0, 0.05) is 0 Å². The number of hydrogen-bond donors (Lipinski definition) is 0. The summed E-state index contributed by atoms with van der Waals surface area (Å²) in [5.74, 6) is 0.959. The van der Waals surface area contributed by atoms with E-state index in [1.165, 1.54) is 24.8 Å². The fourth-order valence-electron chi connectivity index (χ4n) is 3.47. The molecule has 5 heteroatoms. The van der Waals surface area contributed by atoms with Crippen LogP contribution in [0.15, 0.2) is 77.0 Å². The lowest BCUT2D eigenvalue weighted by Crippen LogP contribution is -2.10. The van der Waals surface area contributed by atoms with Gasteiger partial charge in [0.1, 0.15) is 11.5 Å². The molecule has 0 radical (unpaired) electrons. The highest BCUT2D eigenvalue weighted by Gasteiger charge is 2.14. The molecule has 3 aromatic carbocycles. The molecule has 0 unspecified atom stereocenters. The van der Waals surface area contributed by atoms with Gasteiger partial charge in [-0.05, 0) is 85.8 Å². The van der Waals surface area contributed by atoms with Crippen molar-refractivity contribution >= 4 is 17.3 Å². The van der Waals surface area contributed by atoms with E-state index in [9.17, 15) is 4.79 Å². The minimum absolute atomic E-state index is 0.401. The second kappa shape index (κ2) is 13.3. The molecule has 0 bridgehead atoms. The first-order valence-electron chi connectivity index (χ1n) is 12.2. The predicted molar refractivity (Wildman–Crippen MR) is 137 cm³/mol. The van der Waals surface area contributed by atoms with Crippen LogP contribution in [0, 0.1) is 6.92 Å². The first kappa shape index (κ1) is 25.2. The molecule has 0 aliphatic carbocycles. The predicted octanol–water partition coefficient (Wildman–Crippen LogP) is 8.54. The molecule has 0 spiro atoms. The highest BCUT2D eigenvalue weighted by molar-refractivity contribution is 5.93. The van der Waals surface area contributed by atoms with E-state index in [1.807, 2.05) is 61.5 Å². The minimum Gasteiger partial charge on any atom is -0.494 e. The van der Waals surface area contributed by atoms with Crippen molar-refractivity contribution in [1.82, 2.24) is 0 Å². The topological polar surface area (TPSA) is 60.2 Å². The van der Waals surface area contributed by atoms with E-state index in [0.717, 1.165) is 30.6 Å². The number of azo groups is 1. The summed E-state index contributed by atoms with van der Waals surface area (Å²) in [6, 6.07) is 20.6. The number of aryl methyl sites for hydroxylation is 1. The summed E-state index contributed by atoms with van der Waals surface area (Å²) in [4.78, 5) is 12.8. The van der Waals surface area contributed by atoms with Crippen molar-refractivity contribution in [2.45, 2.75) is 59.3 Å². The lowest BCUT2D eigenvalue weighted by Gasteiger charge is -2.09. The third-order valence-corrected chi connectivity index (χ3v) is 5.60. The molecule has 3 aromatic rings. The Hall–Kier alpha value is -3.47. The van der Waals surface area contributed by atoms with Crippen LogP contribution in [0.25, 0.3) is 0 Å². The maximum absolute atomic E-state index is 12.8. The summed E-state index contributed by atoms with van der Waals surface area (Å²) < 4.78 is 11.3. The molecule has 0 saturated heterocycles. The van der Waals surface area contributed by atoms with Gasteiger partial charge in [0.2, 0.25) is 0 Å². The van der Waals surface area contributed by atoms with Crippen molar-refractivity contribution in [3.8, 4) is 11.5 Å². The lowest BCUT2D eigenvalue weighted by atomic mass is 10.1. The zero-order chi connectivity index (χ0) is 24.2. The van der Waals surface area contributed by atoms with Gasteiger partial charge in [-0.15, -0.1) is 0 Å². The summed E-state index contributed by atoms with van der Waals surface area (Å²) in [6.07, 6.45) is 6.78. The molecule has 3 rings (SSSR count). The van der Waals surface area contributed by atoms with Crippen LogP contribution >= 0.6 is 0 Å². The minimum atomic E-state index is -0.401. The maximum atomic E-state index is 12.8. The second-order valence-corrected chi connectivity index (χ2v) is 8.34. The van der Waals surface area contributed by atoms with Gasteiger partial charge < -0.3 is 9.47 Å². The summed E-state index contributed by atoms with van der Waals surface area (Å²) in [7, 11) is 0. The van der Waals surface area contributed by atoms with Crippen molar-refractivity contribution in [3.63, 3.8) is 0 Å². The van der Waals surface area contributed by atoms with E-state index >= 15 is 0 Å². The molecule has 0 fully saturated rings. The van der Waals surface area contributed by atoms with E-state index in [1.54, 1.807) is 12.1 Å². The fraction of sp³-hybridized carbons (Fsp3) is 0.345. The van der Waals surface area contributed by atoms with Gasteiger partial charge in [0.25, 0.3) is 0 Å². The molecule has 5 nitrogen and oxygen atoms in total. The molecular weight excluding hydrogens is 424 g/mol. The van der Waals surface area contributed by atoms with Gasteiger partial charge >= 0.3 is 5.97 Å². The lowest BCUT2D eigenvalue weighted by molar-refractivity contribution is 0.0734. The Morgan fingerprint density at radius 1 is 0.794 bits per heavy atom. The first-order chi connectivity index (χ1) is 16.6.